The van der Waals surface area contributed by atoms with Gasteiger partial charge in [0.2, 0.25) is 0 Å². The Kier molecular flexibility index (Phi) is 4.07. The van der Waals surface area contributed by atoms with Crippen molar-refractivity contribution in [3.05, 3.63) is 35.4 Å². The third-order valence-electron chi connectivity index (χ3n) is 4.86. The molecule has 0 bridgehead atoms. The molecule has 0 radical (unpaired) electrons. The fraction of sp³-hybridized carbons (Fsp3) is 0.588. The smallest absolute Gasteiger partial charge is 0.162 e. The third-order valence-corrected chi connectivity index (χ3v) is 4.86. The highest BCUT2D eigenvalue weighted by Crippen LogP contribution is 2.42. The van der Waals surface area contributed by atoms with Gasteiger partial charge in [-0.1, -0.05) is 25.0 Å². The van der Waals surface area contributed by atoms with Crippen LogP contribution in [0.3, 0.4) is 0 Å². The number of hydrogen-bond acceptors (Lipinski definition) is 2. The molecule has 0 aromatic heterocycles. The van der Waals surface area contributed by atoms with Gasteiger partial charge < -0.3 is 4.74 Å². The molecule has 4 heteroatoms. The summed E-state index contributed by atoms with van der Waals surface area (Å²) in [6.45, 7) is 0.599. The predicted molar refractivity (Wildman–Crippen MR) is 74.9 cm³/mol. The minimum absolute atomic E-state index is 0.00840. The number of benzene rings is 1. The molecule has 2 nitrogen and oxygen atoms in total. The van der Waals surface area contributed by atoms with E-state index in [0.717, 1.165) is 38.2 Å². The van der Waals surface area contributed by atoms with Gasteiger partial charge in [-0.05, 0) is 37.3 Å². The molecule has 1 atom stereocenters. The lowest BCUT2D eigenvalue weighted by molar-refractivity contribution is -0.135. The third kappa shape index (κ3) is 3.00. The van der Waals surface area contributed by atoms with Gasteiger partial charge in [-0.3, -0.25) is 4.79 Å². The first-order valence-electron chi connectivity index (χ1n) is 7.69. The second kappa shape index (κ2) is 5.84. The summed E-state index contributed by atoms with van der Waals surface area (Å²) in [6.07, 6.45) is 5.75. The van der Waals surface area contributed by atoms with Gasteiger partial charge in [-0.25, -0.2) is 8.78 Å². The molecule has 2 aliphatic rings. The zero-order chi connectivity index (χ0) is 14.9. The van der Waals surface area contributed by atoms with Gasteiger partial charge in [0, 0.05) is 18.9 Å². The first kappa shape index (κ1) is 14.6. The number of ketones is 1. The van der Waals surface area contributed by atoms with E-state index in [1.165, 1.54) is 12.1 Å². The van der Waals surface area contributed by atoms with E-state index in [0.29, 0.717) is 13.0 Å². The van der Waals surface area contributed by atoms with Crippen molar-refractivity contribution < 1.29 is 18.3 Å². The number of Topliss-reactive ketones (excluding diaryl/α,β-unsaturated/α-hetero) is 1. The predicted octanol–water partition coefficient (Wildman–Crippen LogP) is 3.82. The average molecular weight is 294 g/mol. The van der Waals surface area contributed by atoms with Gasteiger partial charge in [0.05, 0.1) is 5.60 Å². The molecular weight excluding hydrogens is 274 g/mol. The standard InChI is InChI=1S/C17H20F2O2/c18-14-5-3-4-12(16(14)19)10-15(20)13-6-9-21-17(11-13)7-1-2-8-17/h3-5,13H,1-2,6-11H2. The molecule has 1 aliphatic carbocycles. The first-order valence-corrected chi connectivity index (χ1v) is 7.69. The molecule has 21 heavy (non-hydrogen) atoms. The fourth-order valence-corrected chi connectivity index (χ4v) is 3.69. The van der Waals surface area contributed by atoms with Crippen LogP contribution in [-0.4, -0.2) is 18.0 Å². The maximum Gasteiger partial charge on any atom is 0.162 e. The fourth-order valence-electron chi connectivity index (χ4n) is 3.69. The lowest BCUT2D eigenvalue weighted by atomic mass is 9.81. The Balaban J connectivity index is 1.69. The van der Waals surface area contributed by atoms with Gasteiger partial charge in [0.1, 0.15) is 5.78 Å². The largest absolute Gasteiger partial charge is 0.375 e. The molecule has 1 saturated heterocycles. The molecule has 1 aliphatic heterocycles. The van der Waals surface area contributed by atoms with Crippen molar-refractivity contribution in [3.63, 3.8) is 0 Å². The highest BCUT2D eigenvalue weighted by atomic mass is 19.2. The van der Waals surface area contributed by atoms with Gasteiger partial charge in [0.25, 0.3) is 0 Å². The van der Waals surface area contributed by atoms with Crippen molar-refractivity contribution in [3.8, 4) is 0 Å². The van der Waals surface area contributed by atoms with Gasteiger partial charge >= 0.3 is 0 Å². The Labute approximate surface area is 123 Å². The van der Waals surface area contributed by atoms with Crippen LogP contribution in [0, 0.1) is 17.6 Å². The van der Waals surface area contributed by atoms with Crippen molar-refractivity contribution in [2.24, 2.45) is 5.92 Å². The summed E-state index contributed by atoms with van der Waals surface area (Å²) in [5.41, 5.74) is 0.0333. The second-order valence-corrected chi connectivity index (χ2v) is 6.28. The topological polar surface area (TPSA) is 26.3 Å². The molecular formula is C17H20F2O2. The van der Waals surface area contributed by atoms with Gasteiger partial charge in [0.15, 0.2) is 11.6 Å². The molecule has 2 fully saturated rings. The summed E-state index contributed by atoms with van der Waals surface area (Å²) in [5.74, 6) is -1.86. The van der Waals surface area contributed by atoms with E-state index in [1.54, 1.807) is 0 Å². The van der Waals surface area contributed by atoms with E-state index in [9.17, 15) is 13.6 Å². The van der Waals surface area contributed by atoms with E-state index in [2.05, 4.69) is 0 Å². The summed E-state index contributed by atoms with van der Waals surface area (Å²) >= 11 is 0. The van der Waals surface area contributed by atoms with Crippen molar-refractivity contribution >= 4 is 5.78 Å². The van der Waals surface area contributed by atoms with Crippen molar-refractivity contribution in [2.45, 2.75) is 50.5 Å². The van der Waals surface area contributed by atoms with Crippen LogP contribution < -0.4 is 0 Å². The summed E-state index contributed by atoms with van der Waals surface area (Å²) < 4.78 is 32.8. The summed E-state index contributed by atoms with van der Waals surface area (Å²) in [4.78, 5) is 12.4. The quantitative estimate of drug-likeness (QED) is 0.847. The minimum Gasteiger partial charge on any atom is -0.375 e. The molecule has 1 unspecified atom stereocenters. The normalized spacial score (nSPS) is 24.4. The number of carbonyl (C=O) groups excluding carboxylic acids is 1. The molecule has 0 N–H and O–H groups in total. The van der Waals surface area contributed by atoms with Crippen molar-refractivity contribution in [2.75, 3.05) is 6.61 Å². The second-order valence-electron chi connectivity index (χ2n) is 6.28. The average Bonchev–Trinajstić information content (AvgIpc) is 2.92. The van der Waals surface area contributed by atoms with Gasteiger partial charge in [-0.2, -0.15) is 0 Å². The number of halogens is 2. The maximum atomic E-state index is 13.7. The number of ether oxygens (including phenoxy) is 1. The zero-order valence-corrected chi connectivity index (χ0v) is 12.0. The number of hydrogen-bond donors (Lipinski definition) is 0. The highest BCUT2D eigenvalue weighted by molar-refractivity contribution is 5.83. The Morgan fingerprint density at radius 2 is 2.05 bits per heavy atom. The summed E-state index contributed by atoms with van der Waals surface area (Å²) in [6, 6.07) is 4.01. The van der Waals surface area contributed by atoms with Crippen LogP contribution in [0.15, 0.2) is 18.2 Å². The van der Waals surface area contributed by atoms with Crippen molar-refractivity contribution in [1.29, 1.82) is 0 Å². The van der Waals surface area contributed by atoms with Crippen LogP contribution in [0.25, 0.3) is 0 Å². The minimum atomic E-state index is -0.895. The molecule has 1 aromatic rings. The number of rotatable bonds is 3. The molecule has 3 rings (SSSR count). The Hall–Kier alpha value is -1.29. The number of carbonyl (C=O) groups is 1. The molecule has 1 aromatic carbocycles. The van der Waals surface area contributed by atoms with Crippen LogP contribution in [0.5, 0.6) is 0 Å². The van der Waals surface area contributed by atoms with E-state index in [1.807, 2.05) is 0 Å². The van der Waals surface area contributed by atoms with Crippen LogP contribution in [0.4, 0.5) is 8.78 Å². The zero-order valence-electron chi connectivity index (χ0n) is 12.0. The monoisotopic (exact) mass is 294 g/mol. The van der Waals surface area contributed by atoms with Crippen LogP contribution in [0.1, 0.15) is 44.1 Å². The SMILES string of the molecule is O=C(Cc1cccc(F)c1F)C1CCOC2(CCCC2)C1. The van der Waals surface area contributed by atoms with Gasteiger partial charge in [-0.15, -0.1) is 0 Å². The van der Waals surface area contributed by atoms with E-state index in [4.69, 9.17) is 4.74 Å². The molecule has 1 spiro atoms. The lowest BCUT2D eigenvalue weighted by Gasteiger charge is -2.37. The lowest BCUT2D eigenvalue weighted by Crippen LogP contribution is -2.40. The Bertz CT molecular complexity index is 536. The summed E-state index contributed by atoms with van der Waals surface area (Å²) in [5, 5.41) is 0. The summed E-state index contributed by atoms with van der Waals surface area (Å²) in [7, 11) is 0. The molecule has 1 saturated carbocycles. The maximum absolute atomic E-state index is 13.7. The van der Waals surface area contributed by atoms with E-state index in [-0.39, 0.29) is 29.3 Å². The van der Waals surface area contributed by atoms with E-state index < -0.39 is 11.6 Å². The van der Waals surface area contributed by atoms with Crippen LogP contribution in [0.2, 0.25) is 0 Å². The van der Waals surface area contributed by atoms with E-state index >= 15 is 0 Å². The van der Waals surface area contributed by atoms with Crippen LogP contribution >= 0.6 is 0 Å². The molecule has 0 amide bonds. The first-order chi connectivity index (χ1) is 10.1. The molecule has 1 heterocycles. The van der Waals surface area contributed by atoms with Crippen molar-refractivity contribution in [1.82, 2.24) is 0 Å². The Morgan fingerprint density at radius 3 is 2.81 bits per heavy atom. The van der Waals surface area contributed by atoms with Crippen LogP contribution in [-0.2, 0) is 16.0 Å². The molecule has 114 valence electrons. The highest BCUT2D eigenvalue weighted by Gasteiger charge is 2.41. The Morgan fingerprint density at radius 1 is 1.29 bits per heavy atom.